The highest BCUT2D eigenvalue weighted by Crippen LogP contribution is 2.16. The second-order valence-corrected chi connectivity index (χ2v) is 4.87. The van der Waals surface area contributed by atoms with Crippen molar-refractivity contribution in [1.82, 2.24) is 9.55 Å². The zero-order valence-corrected chi connectivity index (χ0v) is 11.0. The second kappa shape index (κ2) is 5.77. The number of thioether (sulfide) groups is 1. The molecule has 0 spiro atoms. The number of anilines is 2. The van der Waals surface area contributed by atoms with Crippen LogP contribution in [0.4, 0.5) is 11.6 Å². The average molecular weight is 247 g/mol. The van der Waals surface area contributed by atoms with Gasteiger partial charge >= 0.3 is 0 Å². The van der Waals surface area contributed by atoms with Gasteiger partial charge in [0.1, 0.15) is 0 Å². The summed E-state index contributed by atoms with van der Waals surface area (Å²) in [5, 5.41) is 3.34. The number of nitrogens with zero attached hydrogens (tertiary/aromatic N) is 2. The first kappa shape index (κ1) is 12.0. The van der Waals surface area contributed by atoms with Crippen LogP contribution in [0.2, 0.25) is 0 Å². The van der Waals surface area contributed by atoms with Crippen LogP contribution in [0.1, 0.15) is 5.69 Å². The van der Waals surface area contributed by atoms with Crippen LogP contribution >= 0.6 is 11.8 Å². The highest BCUT2D eigenvalue weighted by Gasteiger charge is 2.05. The number of hydrogen-bond acceptors (Lipinski definition) is 3. The van der Waals surface area contributed by atoms with Gasteiger partial charge in [0, 0.05) is 24.2 Å². The molecule has 2 rings (SSSR count). The Morgan fingerprint density at radius 2 is 2.06 bits per heavy atom. The Kier molecular flexibility index (Phi) is 4.09. The third-order valence-electron chi connectivity index (χ3n) is 2.46. The predicted octanol–water partition coefficient (Wildman–Crippen LogP) is 3.30. The van der Waals surface area contributed by atoms with Crippen molar-refractivity contribution in [2.24, 2.45) is 0 Å². The first-order valence-electron chi connectivity index (χ1n) is 5.64. The van der Waals surface area contributed by atoms with Crippen LogP contribution in [0, 0.1) is 6.92 Å². The Balaban J connectivity index is 2.14. The summed E-state index contributed by atoms with van der Waals surface area (Å²) in [6.07, 6.45) is 4.20. The number of hydrogen-bond donors (Lipinski definition) is 1. The molecular weight excluding hydrogens is 230 g/mol. The number of aryl methyl sites for hydroxylation is 2. The summed E-state index contributed by atoms with van der Waals surface area (Å²) in [4.78, 5) is 4.50. The van der Waals surface area contributed by atoms with E-state index in [1.165, 1.54) is 0 Å². The van der Waals surface area contributed by atoms with Crippen molar-refractivity contribution in [3.05, 3.63) is 42.2 Å². The summed E-state index contributed by atoms with van der Waals surface area (Å²) in [5.74, 6) is 2.02. The molecule has 0 saturated heterocycles. The van der Waals surface area contributed by atoms with Crippen molar-refractivity contribution in [2.45, 2.75) is 13.5 Å². The lowest BCUT2D eigenvalue weighted by molar-refractivity contribution is 0.780. The quantitative estimate of drug-likeness (QED) is 0.879. The highest BCUT2D eigenvalue weighted by atomic mass is 32.2. The second-order valence-electron chi connectivity index (χ2n) is 3.88. The molecule has 3 nitrogen and oxygen atoms in total. The first-order valence-corrected chi connectivity index (χ1v) is 7.04. The van der Waals surface area contributed by atoms with Crippen LogP contribution in [0.25, 0.3) is 0 Å². The molecule has 0 bridgehead atoms. The number of aromatic nitrogens is 2. The Morgan fingerprint density at radius 3 is 2.76 bits per heavy atom. The van der Waals surface area contributed by atoms with Gasteiger partial charge in [0.25, 0.3) is 0 Å². The normalized spacial score (nSPS) is 10.5. The van der Waals surface area contributed by atoms with E-state index in [1.807, 2.05) is 49.0 Å². The number of imidazole rings is 1. The number of benzene rings is 1. The molecular formula is C13H17N3S. The molecule has 1 aromatic carbocycles. The SMILES string of the molecule is CSCCn1cc(C)nc1Nc1ccccc1. The van der Waals surface area contributed by atoms with Crippen molar-refractivity contribution in [2.75, 3.05) is 17.3 Å². The van der Waals surface area contributed by atoms with E-state index in [9.17, 15) is 0 Å². The minimum Gasteiger partial charge on any atom is -0.326 e. The van der Waals surface area contributed by atoms with E-state index in [0.717, 1.165) is 29.6 Å². The Labute approximate surface area is 106 Å². The van der Waals surface area contributed by atoms with Crippen LogP contribution in [0.15, 0.2) is 36.5 Å². The Morgan fingerprint density at radius 1 is 1.29 bits per heavy atom. The fourth-order valence-corrected chi connectivity index (χ4v) is 2.04. The van der Waals surface area contributed by atoms with Crippen LogP contribution in [0.3, 0.4) is 0 Å². The summed E-state index contributed by atoms with van der Waals surface area (Å²) in [5.41, 5.74) is 2.12. The zero-order valence-electron chi connectivity index (χ0n) is 10.2. The molecule has 0 radical (unpaired) electrons. The van der Waals surface area contributed by atoms with E-state index < -0.39 is 0 Å². The van der Waals surface area contributed by atoms with E-state index in [1.54, 1.807) is 0 Å². The molecule has 0 fully saturated rings. The van der Waals surface area contributed by atoms with E-state index in [2.05, 4.69) is 27.3 Å². The molecule has 17 heavy (non-hydrogen) atoms. The predicted molar refractivity (Wildman–Crippen MR) is 75.1 cm³/mol. The first-order chi connectivity index (χ1) is 8.29. The number of nitrogens with one attached hydrogen (secondary N) is 1. The highest BCUT2D eigenvalue weighted by molar-refractivity contribution is 7.98. The van der Waals surface area contributed by atoms with Crippen LogP contribution < -0.4 is 5.32 Å². The molecule has 0 aliphatic rings. The van der Waals surface area contributed by atoms with Gasteiger partial charge in [-0.3, -0.25) is 0 Å². The van der Waals surface area contributed by atoms with Crippen molar-refractivity contribution >= 4 is 23.4 Å². The van der Waals surface area contributed by atoms with Crippen molar-refractivity contribution in [3.8, 4) is 0 Å². The maximum atomic E-state index is 4.50. The number of para-hydroxylation sites is 1. The van der Waals surface area contributed by atoms with Crippen molar-refractivity contribution in [3.63, 3.8) is 0 Å². The lowest BCUT2D eigenvalue weighted by atomic mass is 10.3. The molecule has 1 heterocycles. The summed E-state index contributed by atoms with van der Waals surface area (Å²) in [6, 6.07) is 10.1. The summed E-state index contributed by atoms with van der Waals surface area (Å²) >= 11 is 1.84. The molecule has 1 aromatic heterocycles. The monoisotopic (exact) mass is 247 g/mol. The molecule has 90 valence electrons. The van der Waals surface area contributed by atoms with Gasteiger partial charge < -0.3 is 9.88 Å². The van der Waals surface area contributed by atoms with Gasteiger partial charge in [-0.2, -0.15) is 11.8 Å². The molecule has 0 aliphatic carbocycles. The van der Waals surface area contributed by atoms with Crippen LogP contribution in [0.5, 0.6) is 0 Å². The molecule has 0 atom stereocenters. The standard InChI is InChI=1S/C13H17N3S/c1-11-10-16(8-9-17-2)13(14-11)15-12-6-4-3-5-7-12/h3-7,10H,8-9H2,1-2H3,(H,14,15). The average Bonchev–Trinajstić information content (AvgIpc) is 2.68. The molecule has 0 saturated carbocycles. The van der Waals surface area contributed by atoms with E-state index in [0.29, 0.717) is 0 Å². The summed E-state index contributed by atoms with van der Waals surface area (Å²) in [7, 11) is 0. The minimum absolute atomic E-state index is 0.919. The van der Waals surface area contributed by atoms with Crippen LogP contribution in [-0.4, -0.2) is 21.6 Å². The van der Waals surface area contributed by atoms with Gasteiger partial charge in [0.05, 0.1) is 5.69 Å². The van der Waals surface area contributed by atoms with E-state index in [4.69, 9.17) is 0 Å². The van der Waals surface area contributed by atoms with Crippen LogP contribution in [-0.2, 0) is 6.54 Å². The molecule has 1 N–H and O–H groups in total. The van der Waals surface area contributed by atoms with Crippen molar-refractivity contribution < 1.29 is 0 Å². The lowest BCUT2D eigenvalue weighted by Crippen LogP contribution is -2.04. The largest absolute Gasteiger partial charge is 0.326 e. The molecule has 0 aliphatic heterocycles. The fourth-order valence-electron chi connectivity index (χ4n) is 1.66. The number of rotatable bonds is 5. The lowest BCUT2D eigenvalue weighted by Gasteiger charge is -2.08. The van der Waals surface area contributed by atoms with Crippen molar-refractivity contribution in [1.29, 1.82) is 0 Å². The van der Waals surface area contributed by atoms with Gasteiger partial charge in [-0.1, -0.05) is 18.2 Å². The minimum atomic E-state index is 0.919. The molecule has 2 aromatic rings. The topological polar surface area (TPSA) is 29.9 Å². The maximum Gasteiger partial charge on any atom is 0.207 e. The van der Waals surface area contributed by atoms with Gasteiger partial charge in [-0.15, -0.1) is 0 Å². The zero-order chi connectivity index (χ0) is 12.1. The fraction of sp³-hybridized carbons (Fsp3) is 0.308. The van der Waals surface area contributed by atoms with Gasteiger partial charge in [-0.25, -0.2) is 4.98 Å². The van der Waals surface area contributed by atoms with Gasteiger partial charge in [0.15, 0.2) is 0 Å². The molecule has 4 heteroatoms. The van der Waals surface area contributed by atoms with Gasteiger partial charge in [0.2, 0.25) is 5.95 Å². The smallest absolute Gasteiger partial charge is 0.207 e. The molecule has 0 unspecified atom stereocenters. The Bertz CT molecular complexity index is 465. The third kappa shape index (κ3) is 3.27. The summed E-state index contributed by atoms with van der Waals surface area (Å²) < 4.78 is 2.17. The third-order valence-corrected chi connectivity index (χ3v) is 3.05. The molecule has 0 amide bonds. The van der Waals surface area contributed by atoms with E-state index >= 15 is 0 Å². The summed E-state index contributed by atoms with van der Waals surface area (Å²) in [6.45, 7) is 3.00. The van der Waals surface area contributed by atoms with Gasteiger partial charge in [-0.05, 0) is 25.3 Å². The maximum absolute atomic E-state index is 4.50. The van der Waals surface area contributed by atoms with E-state index in [-0.39, 0.29) is 0 Å². The Hall–Kier alpha value is -1.42.